The number of tetrazole rings is 1. The van der Waals surface area contributed by atoms with Crippen molar-refractivity contribution in [1.82, 2.24) is 35.1 Å². The molecule has 0 aliphatic carbocycles. The Hall–Kier alpha value is -4.67. The molecule has 2 aromatic heterocycles. The van der Waals surface area contributed by atoms with Crippen molar-refractivity contribution in [2.24, 2.45) is 0 Å². The molecule has 0 amide bonds. The van der Waals surface area contributed by atoms with Crippen LogP contribution < -0.4 is 14.8 Å². The van der Waals surface area contributed by atoms with E-state index < -0.39 is 0 Å². The number of hydrogen-bond acceptors (Lipinski definition) is 11. The highest BCUT2D eigenvalue weighted by molar-refractivity contribution is 5.68. The smallest absolute Gasteiger partial charge is 0.227 e. The minimum atomic E-state index is -0.283. The van der Waals surface area contributed by atoms with Gasteiger partial charge in [-0.1, -0.05) is 6.07 Å². The number of piperidine rings is 1. The van der Waals surface area contributed by atoms with Crippen LogP contribution >= 0.6 is 0 Å². The lowest BCUT2D eigenvalue weighted by Crippen LogP contribution is -2.51. The van der Waals surface area contributed by atoms with Crippen LogP contribution in [-0.2, 0) is 11.3 Å². The van der Waals surface area contributed by atoms with Crippen molar-refractivity contribution >= 4 is 11.6 Å². The van der Waals surface area contributed by atoms with E-state index >= 15 is 4.39 Å². The third-order valence-corrected chi connectivity index (χ3v) is 7.92. The first kappa shape index (κ1) is 28.4. The summed E-state index contributed by atoms with van der Waals surface area (Å²) in [6.07, 6.45) is 6.36. The summed E-state index contributed by atoms with van der Waals surface area (Å²) in [4.78, 5) is 11.4. The van der Waals surface area contributed by atoms with Crippen LogP contribution in [0.4, 0.5) is 16.0 Å². The molecule has 2 fully saturated rings. The second-order valence-electron chi connectivity index (χ2n) is 10.8. The molecule has 2 aromatic carbocycles. The lowest BCUT2D eigenvalue weighted by Gasteiger charge is -2.41. The molecule has 0 spiro atoms. The molecule has 43 heavy (non-hydrogen) atoms. The third-order valence-electron chi connectivity index (χ3n) is 7.92. The van der Waals surface area contributed by atoms with Gasteiger partial charge in [0, 0.05) is 24.0 Å². The second kappa shape index (κ2) is 12.7. The number of hydrogen-bond donors (Lipinski definition) is 1. The topological polar surface area (TPSA) is 136 Å². The van der Waals surface area contributed by atoms with Crippen molar-refractivity contribution in [3.8, 4) is 28.7 Å². The summed E-state index contributed by atoms with van der Waals surface area (Å²) in [5, 5.41) is 23.9. The van der Waals surface area contributed by atoms with Gasteiger partial charge >= 0.3 is 0 Å². The number of halogens is 1. The first-order chi connectivity index (χ1) is 21.0. The molecule has 0 radical (unpaired) electrons. The monoisotopic (exact) mass is 585 g/mol. The highest BCUT2D eigenvalue weighted by Crippen LogP contribution is 2.37. The number of likely N-dealkylation sites (tertiary alicyclic amines) is 1. The number of nitrogens with one attached hydrogen (secondary N) is 1. The molecule has 12 nitrogen and oxygen atoms in total. The minimum Gasteiger partial charge on any atom is -0.494 e. The lowest BCUT2D eigenvalue weighted by atomic mass is 9.88. The largest absolute Gasteiger partial charge is 0.494 e. The van der Waals surface area contributed by atoms with E-state index in [2.05, 4.69) is 41.8 Å². The molecule has 0 bridgehead atoms. The fourth-order valence-electron chi connectivity index (χ4n) is 5.50. The normalized spacial score (nSPS) is 16.7. The number of nitriles is 1. The maximum Gasteiger partial charge on any atom is 0.227 e. The Labute approximate surface area is 248 Å². The van der Waals surface area contributed by atoms with Crippen LogP contribution in [0.25, 0.3) is 11.1 Å². The molecule has 13 heteroatoms. The highest BCUT2D eigenvalue weighted by Gasteiger charge is 2.31. The molecule has 222 valence electrons. The van der Waals surface area contributed by atoms with Crippen molar-refractivity contribution < 1.29 is 18.6 Å². The van der Waals surface area contributed by atoms with Crippen LogP contribution in [0.3, 0.4) is 0 Å². The van der Waals surface area contributed by atoms with Gasteiger partial charge in [0.05, 0.1) is 44.2 Å². The highest BCUT2D eigenvalue weighted by atomic mass is 19.1. The number of ether oxygens (including phenoxy) is 3. The second-order valence-corrected chi connectivity index (χ2v) is 10.8. The van der Waals surface area contributed by atoms with Crippen molar-refractivity contribution in [2.75, 3.05) is 38.7 Å². The van der Waals surface area contributed by atoms with Gasteiger partial charge in [0.1, 0.15) is 35.8 Å². The average Bonchev–Trinajstić information content (AvgIpc) is 3.50. The molecule has 1 N–H and O–H groups in total. The fourth-order valence-corrected chi connectivity index (χ4v) is 5.50. The van der Waals surface area contributed by atoms with Crippen LogP contribution in [0.1, 0.15) is 36.8 Å². The summed E-state index contributed by atoms with van der Waals surface area (Å²) in [5.74, 6) is 1.02. The maximum absolute atomic E-state index is 15.2. The number of methoxy groups -OCH3 is 1. The standard InChI is InChI=1S/C30H32FN9O3/c1-19(15-40-18-35-37-38-40)43-28-9-21(3-4-22(28)12-32)23-13-33-30(34-14-23)36-27-10-25(26(31)11-29(27)41-2)20-5-7-39(8-6-20)24-16-42-17-24/h3-4,9-11,13-14,18-20,24H,5-8,15-17H2,1-2H3,(H,33,34,36)/t19-/m0/s1. The van der Waals surface area contributed by atoms with E-state index in [1.165, 1.54) is 19.5 Å². The van der Waals surface area contributed by atoms with Crippen LogP contribution in [0.5, 0.6) is 11.5 Å². The van der Waals surface area contributed by atoms with Gasteiger partial charge in [0.25, 0.3) is 0 Å². The van der Waals surface area contributed by atoms with Gasteiger partial charge in [0.2, 0.25) is 5.95 Å². The summed E-state index contributed by atoms with van der Waals surface area (Å²) in [7, 11) is 1.51. The van der Waals surface area contributed by atoms with E-state index in [0.717, 1.165) is 50.3 Å². The Morgan fingerprint density at radius 2 is 1.91 bits per heavy atom. The van der Waals surface area contributed by atoms with Gasteiger partial charge in [-0.2, -0.15) is 5.26 Å². The maximum atomic E-state index is 15.2. The molecule has 2 saturated heterocycles. The molecule has 0 unspecified atom stereocenters. The summed E-state index contributed by atoms with van der Waals surface area (Å²) < 4.78 is 33.6. The minimum absolute atomic E-state index is 0.121. The van der Waals surface area contributed by atoms with E-state index in [1.807, 2.05) is 19.1 Å². The van der Waals surface area contributed by atoms with Crippen molar-refractivity contribution in [1.29, 1.82) is 5.26 Å². The molecule has 2 aliphatic heterocycles. The predicted octanol–water partition coefficient (Wildman–Crippen LogP) is 3.94. The van der Waals surface area contributed by atoms with Crippen LogP contribution in [0.2, 0.25) is 0 Å². The Bertz CT molecular complexity index is 1580. The number of nitrogens with zero attached hydrogens (tertiary/aromatic N) is 8. The van der Waals surface area contributed by atoms with Crippen molar-refractivity contribution in [2.45, 2.75) is 44.4 Å². The zero-order valence-corrected chi connectivity index (χ0v) is 24.0. The van der Waals surface area contributed by atoms with Crippen LogP contribution in [0, 0.1) is 17.1 Å². The van der Waals surface area contributed by atoms with E-state index in [0.29, 0.717) is 46.8 Å². The summed E-state index contributed by atoms with van der Waals surface area (Å²) in [6.45, 7) is 5.74. The molecular weight excluding hydrogens is 553 g/mol. The Morgan fingerprint density at radius 1 is 1.12 bits per heavy atom. The first-order valence-corrected chi connectivity index (χ1v) is 14.2. The zero-order valence-electron chi connectivity index (χ0n) is 24.0. The Morgan fingerprint density at radius 3 is 2.56 bits per heavy atom. The molecule has 6 rings (SSSR count). The van der Waals surface area contributed by atoms with Crippen LogP contribution in [0.15, 0.2) is 49.1 Å². The summed E-state index contributed by atoms with van der Waals surface area (Å²) >= 11 is 0. The van der Waals surface area contributed by atoms with E-state index in [-0.39, 0.29) is 17.8 Å². The van der Waals surface area contributed by atoms with Gasteiger partial charge in [-0.25, -0.2) is 19.0 Å². The zero-order chi connectivity index (χ0) is 29.8. The molecule has 4 heterocycles. The summed E-state index contributed by atoms with van der Waals surface area (Å²) in [5.41, 5.74) is 3.21. The predicted molar refractivity (Wildman–Crippen MR) is 154 cm³/mol. The number of anilines is 2. The molecule has 2 aliphatic rings. The SMILES string of the molecule is COc1cc(F)c(C2CCN(C3COC3)CC2)cc1Nc1ncc(-c2ccc(C#N)c(O[C@@H](C)Cn3cnnn3)c2)cn1. The molecule has 1 atom stereocenters. The number of aromatic nitrogens is 6. The number of rotatable bonds is 10. The van der Waals surface area contributed by atoms with Crippen molar-refractivity contribution in [3.05, 3.63) is 66.0 Å². The first-order valence-electron chi connectivity index (χ1n) is 14.2. The molecular formula is C30H32FN9O3. The third kappa shape index (κ3) is 6.40. The average molecular weight is 586 g/mol. The van der Waals surface area contributed by atoms with Crippen LogP contribution in [-0.4, -0.2) is 80.6 Å². The van der Waals surface area contributed by atoms with E-state index in [4.69, 9.17) is 14.2 Å². The van der Waals surface area contributed by atoms with Gasteiger partial charge in [-0.05, 0) is 78.5 Å². The van der Waals surface area contributed by atoms with E-state index in [9.17, 15) is 5.26 Å². The van der Waals surface area contributed by atoms with Gasteiger partial charge < -0.3 is 19.5 Å². The number of benzene rings is 2. The van der Waals surface area contributed by atoms with Gasteiger partial charge in [-0.3, -0.25) is 4.90 Å². The van der Waals surface area contributed by atoms with Gasteiger partial charge in [0.15, 0.2) is 0 Å². The summed E-state index contributed by atoms with van der Waals surface area (Å²) in [6, 6.07) is 11.2. The fraction of sp³-hybridized carbons (Fsp3) is 0.400. The Balaban J connectivity index is 1.16. The van der Waals surface area contributed by atoms with Crippen molar-refractivity contribution in [3.63, 3.8) is 0 Å². The van der Waals surface area contributed by atoms with E-state index in [1.54, 1.807) is 29.2 Å². The molecule has 4 aromatic rings. The lowest BCUT2D eigenvalue weighted by molar-refractivity contribution is -0.0713. The Kier molecular flexibility index (Phi) is 8.39. The molecule has 0 saturated carbocycles. The quantitative estimate of drug-likeness (QED) is 0.290. The van der Waals surface area contributed by atoms with Gasteiger partial charge in [-0.15, -0.1) is 5.10 Å².